The molecule has 2 aromatic heterocycles. The molecule has 0 radical (unpaired) electrons. The smallest absolute Gasteiger partial charge is 0.102 e. The van der Waals surface area contributed by atoms with Crippen LogP contribution in [0.15, 0.2) is 53.7 Å². The molecule has 0 saturated heterocycles. The zero-order valence-corrected chi connectivity index (χ0v) is 12.7. The second-order valence-electron chi connectivity index (χ2n) is 4.61. The third-order valence-corrected chi connectivity index (χ3v) is 4.76. The van der Waals surface area contributed by atoms with Gasteiger partial charge in [0.1, 0.15) is 6.07 Å². The van der Waals surface area contributed by atoms with Gasteiger partial charge in [-0.25, -0.2) is 0 Å². The summed E-state index contributed by atoms with van der Waals surface area (Å²) in [5, 5.41) is 10.0. The van der Waals surface area contributed by atoms with Crippen LogP contribution in [-0.4, -0.2) is 4.40 Å². The maximum Gasteiger partial charge on any atom is 0.102 e. The molecule has 0 aliphatic heterocycles. The highest BCUT2D eigenvalue weighted by molar-refractivity contribution is 7.98. The third-order valence-electron chi connectivity index (χ3n) is 3.21. The van der Waals surface area contributed by atoms with Gasteiger partial charge in [-0.05, 0) is 35.9 Å². The van der Waals surface area contributed by atoms with Crippen molar-refractivity contribution < 1.29 is 0 Å². The molecular formula is C16H12ClN3S. The van der Waals surface area contributed by atoms with Gasteiger partial charge in [-0.2, -0.15) is 5.26 Å². The molecule has 0 aliphatic rings. The van der Waals surface area contributed by atoms with Crippen LogP contribution in [0.4, 0.5) is 5.69 Å². The Balaban J connectivity index is 1.90. The molecule has 5 heteroatoms. The van der Waals surface area contributed by atoms with Crippen LogP contribution < -0.4 is 5.73 Å². The van der Waals surface area contributed by atoms with Gasteiger partial charge in [0.05, 0.1) is 16.1 Å². The van der Waals surface area contributed by atoms with Crippen LogP contribution in [-0.2, 0) is 5.75 Å². The number of nitrogen functional groups attached to an aromatic ring is 1. The third kappa shape index (κ3) is 2.71. The maximum atomic E-state index is 9.38. The summed E-state index contributed by atoms with van der Waals surface area (Å²) in [7, 11) is 0. The molecule has 0 aliphatic carbocycles. The molecule has 3 rings (SSSR count). The lowest BCUT2D eigenvalue weighted by Crippen LogP contribution is -1.86. The number of halogens is 1. The normalized spacial score (nSPS) is 10.7. The Labute approximate surface area is 131 Å². The number of nitrogens with two attached hydrogens (primary N) is 1. The number of hydrogen-bond acceptors (Lipinski definition) is 3. The van der Waals surface area contributed by atoms with E-state index in [1.54, 1.807) is 17.8 Å². The van der Waals surface area contributed by atoms with Crippen LogP contribution >= 0.6 is 23.4 Å². The molecule has 0 atom stereocenters. The van der Waals surface area contributed by atoms with Gasteiger partial charge < -0.3 is 10.1 Å². The van der Waals surface area contributed by atoms with Crippen molar-refractivity contribution in [3.8, 4) is 6.07 Å². The number of nitriles is 1. The highest BCUT2D eigenvalue weighted by Crippen LogP contribution is 2.32. The van der Waals surface area contributed by atoms with E-state index in [0.29, 0.717) is 16.5 Å². The minimum atomic E-state index is 0.641. The molecule has 0 saturated carbocycles. The Kier molecular flexibility index (Phi) is 3.78. The summed E-state index contributed by atoms with van der Waals surface area (Å²) in [5.74, 6) is 0.689. The van der Waals surface area contributed by atoms with Gasteiger partial charge in [-0.15, -0.1) is 11.8 Å². The van der Waals surface area contributed by atoms with Crippen molar-refractivity contribution in [2.45, 2.75) is 10.6 Å². The van der Waals surface area contributed by atoms with Crippen LogP contribution in [0.25, 0.3) is 5.52 Å². The van der Waals surface area contributed by atoms with Crippen molar-refractivity contribution in [1.82, 2.24) is 4.40 Å². The van der Waals surface area contributed by atoms with Gasteiger partial charge in [-0.1, -0.05) is 17.7 Å². The first-order chi connectivity index (χ1) is 10.2. The summed E-state index contributed by atoms with van der Waals surface area (Å²) in [6.45, 7) is 0. The number of rotatable bonds is 3. The molecule has 3 nitrogen and oxygen atoms in total. The van der Waals surface area contributed by atoms with E-state index in [4.69, 9.17) is 17.3 Å². The van der Waals surface area contributed by atoms with Gasteiger partial charge in [0.2, 0.25) is 0 Å². The number of hydrogen-bond donors (Lipinski definition) is 1. The van der Waals surface area contributed by atoms with E-state index >= 15 is 0 Å². The molecule has 0 amide bonds. The molecule has 0 bridgehead atoms. The Morgan fingerprint density at radius 2 is 2.14 bits per heavy atom. The fourth-order valence-corrected chi connectivity index (χ4v) is 3.45. The van der Waals surface area contributed by atoms with Crippen molar-refractivity contribution in [3.63, 3.8) is 0 Å². The molecule has 2 N–H and O–H groups in total. The molecule has 104 valence electrons. The number of benzene rings is 1. The molecule has 1 aromatic carbocycles. The standard InChI is InChI=1S/C16H12ClN3S/c17-14-7-12(19)4-5-16(14)21-10-11-9-20-6-2-1-3-15(20)13(11)8-18/h1-7,9H,10,19H2. The van der Waals surface area contributed by atoms with E-state index in [0.717, 1.165) is 21.5 Å². The molecule has 3 aromatic rings. The highest BCUT2D eigenvalue weighted by atomic mass is 35.5. The monoisotopic (exact) mass is 313 g/mol. The Hall–Kier alpha value is -2.09. The predicted octanol–water partition coefficient (Wildman–Crippen LogP) is 4.34. The average molecular weight is 314 g/mol. The lowest BCUT2D eigenvalue weighted by atomic mass is 10.2. The first-order valence-corrected chi connectivity index (χ1v) is 7.72. The minimum absolute atomic E-state index is 0.641. The lowest BCUT2D eigenvalue weighted by molar-refractivity contribution is 1.18. The van der Waals surface area contributed by atoms with E-state index < -0.39 is 0 Å². The van der Waals surface area contributed by atoms with E-state index in [9.17, 15) is 5.26 Å². The first-order valence-electron chi connectivity index (χ1n) is 6.35. The Morgan fingerprint density at radius 3 is 2.90 bits per heavy atom. The quantitative estimate of drug-likeness (QED) is 0.578. The van der Waals surface area contributed by atoms with Gasteiger partial charge in [0, 0.05) is 28.7 Å². The second kappa shape index (κ2) is 5.72. The van der Waals surface area contributed by atoms with E-state index in [1.165, 1.54) is 0 Å². The highest BCUT2D eigenvalue weighted by Gasteiger charge is 2.11. The minimum Gasteiger partial charge on any atom is -0.399 e. The van der Waals surface area contributed by atoms with Crippen LogP contribution in [0.1, 0.15) is 11.1 Å². The number of fused-ring (bicyclic) bond motifs is 1. The number of pyridine rings is 1. The number of nitrogens with zero attached hydrogens (tertiary/aromatic N) is 2. The predicted molar refractivity (Wildman–Crippen MR) is 87.5 cm³/mol. The van der Waals surface area contributed by atoms with Gasteiger partial charge in [0.25, 0.3) is 0 Å². The molecule has 0 unspecified atom stereocenters. The number of thioether (sulfide) groups is 1. The van der Waals surface area contributed by atoms with Crippen molar-refractivity contribution in [1.29, 1.82) is 5.26 Å². The zero-order chi connectivity index (χ0) is 14.8. The molecule has 2 heterocycles. The SMILES string of the molecule is N#Cc1c(CSc2ccc(N)cc2Cl)cn2ccccc12. The molecule has 0 spiro atoms. The van der Waals surface area contributed by atoms with Crippen LogP contribution in [0.3, 0.4) is 0 Å². The number of anilines is 1. The summed E-state index contributed by atoms with van der Waals surface area (Å²) in [5.41, 5.74) is 8.99. The van der Waals surface area contributed by atoms with E-state index in [1.807, 2.05) is 47.1 Å². The van der Waals surface area contributed by atoms with Crippen molar-refractivity contribution in [3.05, 3.63) is 64.9 Å². The Bertz CT molecular complexity index is 848. The average Bonchev–Trinajstić information content (AvgIpc) is 2.83. The van der Waals surface area contributed by atoms with E-state index in [-0.39, 0.29) is 0 Å². The number of aromatic nitrogens is 1. The van der Waals surface area contributed by atoms with Gasteiger partial charge in [0.15, 0.2) is 0 Å². The largest absolute Gasteiger partial charge is 0.399 e. The molecular weight excluding hydrogens is 302 g/mol. The summed E-state index contributed by atoms with van der Waals surface area (Å²) >= 11 is 7.78. The van der Waals surface area contributed by atoms with Crippen molar-refractivity contribution in [2.24, 2.45) is 0 Å². The van der Waals surface area contributed by atoms with Crippen LogP contribution in [0, 0.1) is 11.3 Å². The molecule has 0 fully saturated rings. The topological polar surface area (TPSA) is 54.2 Å². The zero-order valence-electron chi connectivity index (χ0n) is 11.1. The maximum absolute atomic E-state index is 9.38. The summed E-state index contributed by atoms with van der Waals surface area (Å²) in [6, 6.07) is 13.6. The second-order valence-corrected chi connectivity index (χ2v) is 6.04. The fraction of sp³-hybridized carbons (Fsp3) is 0.0625. The first kappa shape index (κ1) is 13.9. The summed E-state index contributed by atoms with van der Waals surface area (Å²) in [6.07, 6.45) is 3.94. The van der Waals surface area contributed by atoms with Crippen molar-refractivity contribution in [2.75, 3.05) is 5.73 Å². The summed E-state index contributed by atoms with van der Waals surface area (Å²) in [4.78, 5) is 0.963. The molecule has 21 heavy (non-hydrogen) atoms. The van der Waals surface area contributed by atoms with Crippen molar-refractivity contribution >= 4 is 34.6 Å². The lowest BCUT2D eigenvalue weighted by Gasteiger charge is -2.04. The Morgan fingerprint density at radius 1 is 1.29 bits per heavy atom. The fourth-order valence-electron chi connectivity index (χ4n) is 2.21. The van der Waals surface area contributed by atoms with E-state index in [2.05, 4.69) is 6.07 Å². The van der Waals surface area contributed by atoms with Gasteiger partial charge in [-0.3, -0.25) is 0 Å². The van der Waals surface area contributed by atoms with Crippen LogP contribution in [0.2, 0.25) is 5.02 Å². The van der Waals surface area contributed by atoms with Crippen LogP contribution in [0.5, 0.6) is 0 Å². The van der Waals surface area contributed by atoms with Gasteiger partial charge >= 0.3 is 0 Å². The summed E-state index contributed by atoms with van der Waals surface area (Å²) < 4.78 is 1.97.